The maximum atomic E-state index is 6.23. The topological polar surface area (TPSA) is 30.5 Å². The van der Waals surface area contributed by atoms with Crippen molar-refractivity contribution >= 4 is 29.9 Å². The van der Waals surface area contributed by atoms with Gasteiger partial charge in [0.25, 0.3) is 0 Å². The van der Waals surface area contributed by atoms with Crippen LogP contribution in [0.3, 0.4) is 0 Å². The van der Waals surface area contributed by atoms with Gasteiger partial charge >= 0.3 is 0 Å². The first-order valence-corrected chi connectivity index (χ1v) is 11.7. The molecule has 1 aliphatic heterocycles. The standard InChI is InChI=1S/C17H28BrNO2Si/c1-17(2,3)22(4,5)20-10-6-7-14-12-19-15-11-13(18)8-9-16(15)21-14/h8-9,11,14,19H,6-7,10,12H2,1-5H3/t14-/m0/s1. The lowest BCUT2D eigenvalue weighted by molar-refractivity contribution is 0.178. The third-order valence-corrected chi connectivity index (χ3v) is 9.73. The fraction of sp³-hybridized carbons (Fsp3) is 0.647. The monoisotopic (exact) mass is 385 g/mol. The minimum absolute atomic E-state index is 0.233. The van der Waals surface area contributed by atoms with E-state index in [-0.39, 0.29) is 11.1 Å². The number of hydrogen-bond donors (Lipinski definition) is 1. The molecule has 0 spiro atoms. The van der Waals surface area contributed by atoms with E-state index >= 15 is 0 Å². The van der Waals surface area contributed by atoms with Crippen LogP contribution in [0.25, 0.3) is 0 Å². The summed E-state index contributed by atoms with van der Waals surface area (Å²) < 4.78 is 13.4. The van der Waals surface area contributed by atoms with Crippen LogP contribution in [0.5, 0.6) is 5.75 Å². The highest BCUT2D eigenvalue weighted by molar-refractivity contribution is 9.10. The second-order valence-electron chi connectivity index (χ2n) is 7.51. The van der Waals surface area contributed by atoms with Crippen LogP contribution in [0.2, 0.25) is 18.1 Å². The Labute approximate surface area is 144 Å². The largest absolute Gasteiger partial charge is 0.486 e. The lowest BCUT2D eigenvalue weighted by Gasteiger charge is -2.36. The Kier molecular flexibility index (Phi) is 5.62. The van der Waals surface area contributed by atoms with Crippen LogP contribution in [0.4, 0.5) is 5.69 Å². The molecule has 0 fully saturated rings. The fourth-order valence-electron chi connectivity index (χ4n) is 2.20. The van der Waals surface area contributed by atoms with E-state index in [1.54, 1.807) is 0 Å². The van der Waals surface area contributed by atoms with Crippen LogP contribution in [0, 0.1) is 0 Å². The van der Waals surface area contributed by atoms with E-state index in [4.69, 9.17) is 9.16 Å². The zero-order valence-corrected chi connectivity index (χ0v) is 16.9. The second-order valence-corrected chi connectivity index (χ2v) is 13.2. The molecule has 0 radical (unpaired) electrons. The summed E-state index contributed by atoms with van der Waals surface area (Å²) in [5.41, 5.74) is 1.07. The van der Waals surface area contributed by atoms with E-state index in [2.05, 4.69) is 61.2 Å². The van der Waals surface area contributed by atoms with Crippen molar-refractivity contribution in [2.24, 2.45) is 0 Å². The zero-order valence-electron chi connectivity index (χ0n) is 14.3. The van der Waals surface area contributed by atoms with E-state index in [0.717, 1.165) is 41.9 Å². The smallest absolute Gasteiger partial charge is 0.191 e. The van der Waals surface area contributed by atoms with Crippen molar-refractivity contribution < 1.29 is 9.16 Å². The van der Waals surface area contributed by atoms with Gasteiger partial charge in [-0.3, -0.25) is 0 Å². The molecule has 5 heteroatoms. The summed E-state index contributed by atoms with van der Waals surface area (Å²) in [5, 5.41) is 3.73. The Hall–Kier alpha value is -0.523. The van der Waals surface area contributed by atoms with Gasteiger partial charge in [0, 0.05) is 11.1 Å². The van der Waals surface area contributed by atoms with Crippen molar-refractivity contribution in [1.29, 1.82) is 0 Å². The number of benzene rings is 1. The molecule has 0 saturated heterocycles. The van der Waals surface area contributed by atoms with E-state index in [1.807, 2.05) is 12.1 Å². The maximum Gasteiger partial charge on any atom is 0.191 e. The summed E-state index contributed by atoms with van der Waals surface area (Å²) in [6.45, 7) is 13.2. The molecular formula is C17H28BrNO2Si. The van der Waals surface area contributed by atoms with Crippen LogP contribution in [-0.2, 0) is 4.43 Å². The van der Waals surface area contributed by atoms with E-state index < -0.39 is 8.32 Å². The van der Waals surface area contributed by atoms with Gasteiger partial charge in [-0.05, 0) is 49.2 Å². The highest BCUT2D eigenvalue weighted by atomic mass is 79.9. The van der Waals surface area contributed by atoms with Crippen molar-refractivity contribution in [1.82, 2.24) is 0 Å². The lowest BCUT2D eigenvalue weighted by atomic mass is 10.1. The van der Waals surface area contributed by atoms with Gasteiger partial charge in [0.1, 0.15) is 11.9 Å². The van der Waals surface area contributed by atoms with Gasteiger partial charge in [-0.15, -0.1) is 0 Å². The molecule has 0 aromatic heterocycles. The van der Waals surface area contributed by atoms with Gasteiger partial charge in [0.05, 0.1) is 12.2 Å². The Morgan fingerprint density at radius 1 is 1.36 bits per heavy atom. The predicted molar refractivity (Wildman–Crippen MR) is 99.4 cm³/mol. The van der Waals surface area contributed by atoms with Crippen LogP contribution in [0.15, 0.2) is 22.7 Å². The molecule has 0 bridgehead atoms. The molecule has 1 aromatic rings. The highest BCUT2D eigenvalue weighted by Crippen LogP contribution is 2.37. The first-order chi connectivity index (χ1) is 10.2. The average Bonchev–Trinajstić information content (AvgIpc) is 2.42. The van der Waals surface area contributed by atoms with E-state index in [1.165, 1.54) is 0 Å². The average molecular weight is 386 g/mol. The third kappa shape index (κ3) is 4.49. The number of ether oxygens (including phenoxy) is 1. The molecule has 2 rings (SSSR count). The second kappa shape index (κ2) is 6.93. The molecule has 1 aromatic carbocycles. The summed E-state index contributed by atoms with van der Waals surface area (Å²) in [6.07, 6.45) is 2.30. The Balaban J connectivity index is 1.76. The van der Waals surface area contributed by atoms with Gasteiger partial charge < -0.3 is 14.5 Å². The van der Waals surface area contributed by atoms with Crippen molar-refractivity contribution in [2.75, 3.05) is 18.5 Å². The molecule has 0 saturated carbocycles. The number of fused-ring (bicyclic) bond motifs is 1. The normalized spacial score (nSPS) is 18.4. The number of halogens is 1. The third-order valence-electron chi connectivity index (χ3n) is 4.69. The van der Waals surface area contributed by atoms with Crippen molar-refractivity contribution in [3.05, 3.63) is 22.7 Å². The molecule has 0 amide bonds. The van der Waals surface area contributed by atoms with E-state index in [9.17, 15) is 0 Å². The summed E-state index contributed by atoms with van der Waals surface area (Å²) in [7, 11) is -1.62. The summed E-state index contributed by atoms with van der Waals surface area (Å²) in [6, 6.07) is 6.10. The van der Waals surface area contributed by atoms with Crippen LogP contribution in [0.1, 0.15) is 33.6 Å². The number of hydrogen-bond acceptors (Lipinski definition) is 3. The fourth-order valence-corrected chi connectivity index (χ4v) is 3.65. The van der Waals surface area contributed by atoms with Crippen LogP contribution < -0.4 is 10.1 Å². The Morgan fingerprint density at radius 2 is 2.09 bits per heavy atom. The molecular weight excluding hydrogens is 358 g/mol. The van der Waals surface area contributed by atoms with Gasteiger partial charge in [0.2, 0.25) is 0 Å². The maximum absolute atomic E-state index is 6.23. The van der Waals surface area contributed by atoms with Crippen LogP contribution >= 0.6 is 15.9 Å². The van der Waals surface area contributed by atoms with Crippen molar-refractivity contribution in [2.45, 2.75) is 57.8 Å². The molecule has 124 valence electrons. The van der Waals surface area contributed by atoms with Gasteiger partial charge in [-0.2, -0.15) is 0 Å². The van der Waals surface area contributed by atoms with Crippen LogP contribution in [-0.4, -0.2) is 27.6 Å². The highest BCUT2D eigenvalue weighted by Gasteiger charge is 2.36. The summed E-state index contributed by atoms with van der Waals surface area (Å²) >= 11 is 3.48. The zero-order chi connectivity index (χ0) is 16.4. The van der Waals surface area contributed by atoms with Crippen molar-refractivity contribution in [3.63, 3.8) is 0 Å². The molecule has 3 nitrogen and oxygen atoms in total. The number of nitrogens with one attached hydrogen (secondary N) is 1. The molecule has 22 heavy (non-hydrogen) atoms. The van der Waals surface area contributed by atoms with E-state index in [0.29, 0.717) is 0 Å². The predicted octanol–water partition coefficient (Wildman–Crippen LogP) is 5.42. The first-order valence-electron chi connectivity index (χ1n) is 8.03. The summed E-state index contributed by atoms with van der Waals surface area (Å²) in [5.74, 6) is 0.949. The molecule has 1 N–H and O–H groups in total. The van der Waals surface area contributed by atoms with Crippen molar-refractivity contribution in [3.8, 4) is 5.75 Å². The number of anilines is 1. The quantitative estimate of drug-likeness (QED) is 0.541. The lowest BCUT2D eigenvalue weighted by Crippen LogP contribution is -2.41. The molecule has 1 heterocycles. The Bertz CT molecular complexity index is 514. The Morgan fingerprint density at radius 3 is 2.77 bits per heavy atom. The molecule has 0 aliphatic carbocycles. The molecule has 0 unspecified atom stereocenters. The summed E-state index contributed by atoms with van der Waals surface area (Å²) in [4.78, 5) is 0. The SMILES string of the molecule is CC(C)(C)[Si](C)(C)OCCC[C@H]1CNc2cc(Br)ccc2O1. The minimum atomic E-state index is -1.62. The van der Waals surface area contributed by atoms with Gasteiger partial charge in [-0.25, -0.2) is 0 Å². The number of rotatable bonds is 5. The first kappa shape index (κ1) is 17.8. The van der Waals surface area contributed by atoms with Gasteiger partial charge in [0.15, 0.2) is 8.32 Å². The van der Waals surface area contributed by atoms with Gasteiger partial charge in [-0.1, -0.05) is 36.7 Å². The molecule has 1 atom stereocenters. The minimum Gasteiger partial charge on any atom is -0.486 e. The molecule has 1 aliphatic rings.